The van der Waals surface area contributed by atoms with Gasteiger partial charge in [0, 0.05) is 0 Å². The topological polar surface area (TPSA) is 61.0 Å². The van der Waals surface area contributed by atoms with Crippen LogP contribution >= 0.6 is 11.6 Å². The van der Waals surface area contributed by atoms with Crippen LogP contribution in [0.5, 0.6) is 5.88 Å². The fourth-order valence-corrected chi connectivity index (χ4v) is 2.74. The Morgan fingerprint density at radius 1 is 1.39 bits per heavy atom. The van der Waals surface area contributed by atoms with Crippen molar-refractivity contribution in [2.45, 2.75) is 39.5 Å². The van der Waals surface area contributed by atoms with E-state index in [9.17, 15) is 0 Å². The first-order valence-electron chi connectivity index (χ1n) is 6.48. The van der Waals surface area contributed by atoms with Gasteiger partial charge in [-0.25, -0.2) is 4.98 Å². The monoisotopic (exact) mass is 269 g/mol. The minimum absolute atomic E-state index is 0.189. The van der Waals surface area contributed by atoms with E-state index in [2.05, 4.69) is 16.9 Å². The fourth-order valence-electron chi connectivity index (χ4n) is 2.54. The third-order valence-electron chi connectivity index (χ3n) is 3.57. The molecule has 0 aliphatic heterocycles. The molecule has 0 saturated heterocycles. The summed E-state index contributed by atoms with van der Waals surface area (Å²) in [5, 5.41) is 0.189. The van der Waals surface area contributed by atoms with E-state index in [4.69, 9.17) is 22.1 Å². The predicted molar refractivity (Wildman–Crippen MR) is 72.8 cm³/mol. The van der Waals surface area contributed by atoms with Crippen LogP contribution < -0.4 is 10.5 Å². The van der Waals surface area contributed by atoms with Crippen molar-refractivity contribution in [3.63, 3.8) is 0 Å². The SMILES string of the molecule is Cc1nc(Cl)nc(OCC2CCCC(C)C2)c1N. The number of nitrogens with zero attached hydrogens (tertiary/aromatic N) is 2. The Kier molecular flexibility index (Phi) is 4.27. The molecule has 0 aromatic carbocycles. The normalized spacial score (nSPS) is 23.9. The largest absolute Gasteiger partial charge is 0.476 e. The number of hydrogen-bond acceptors (Lipinski definition) is 4. The molecule has 1 aliphatic rings. The molecule has 4 nitrogen and oxygen atoms in total. The molecule has 1 saturated carbocycles. The first kappa shape index (κ1) is 13.4. The maximum atomic E-state index is 5.89. The second-order valence-electron chi connectivity index (χ2n) is 5.25. The van der Waals surface area contributed by atoms with Crippen molar-refractivity contribution in [2.24, 2.45) is 11.8 Å². The first-order valence-corrected chi connectivity index (χ1v) is 6.86. The lowest BCUT2D eigenvalue weighted by Crippen LogP contribution is -2.20. The van der Waals surface area contributed by atoms with Gasteiger partial charge in [-0.1, -0.05) is 19.8 Å². The lowest BCUT2D eigenvalue weighted by atomic mass is 9.83. The molecule has 1 aromatic heterocycles. The van der Waals surface area contributed by atoms with Crippen LogP contribution in [-0.4, -0.2) is 16.6 Å². The molecule has 5 heteroatoms. The number of aryl methyl sites for hydroxylation is 1. The number of halogens is 1. The number of hydrogen-bond donors (Lipinski definition) is 1. The van der Waals surface area contributed by atoms with E-state index in [1.165, 1.54) is 25.7 Å². The third-order valence-corrected chi connectivity index (χ3v) is 3.74. The number of nitrogens with two attached hydrogens (primary N) is 1. The average molecular weight is 270 g/mol. The van der Waals surface area contributed by atoms with Crippen LogP contribution in [0.4, 0.5) is 5.69 Å². The van der Waals surface area contributed by atoms with Gasteiger partial charge in [0.05, 0.1) is 12.3 Å². The van der Waals surface area contributed by atoms with Crippen LogP contribution in [0, 0.1) is 18.8 Å². The number of nitrogen functional groups attached to an aromatic ring is 1. The highest BCUT2D eigenvalue weighted by atomic mass is 35.5. The summed E-state index contributed by atoms with van der Waals surface area (Å²) < 4.78 is 5.73. The third kappa shape index (κ3) is 3.25. The molecule has 2 atom stereocenters. The molecule has 1 aliphatic carbocycles. The molecule has 0 radical (unpaired) electrons. The minimum Gasteiger partial charge on any atom is -0.476 e. The van der Waals surface area contributed by atoms with E-state index < -0.39 is 0 Å². The van der Waals surface area contributed by atoms with E-state index in [1.54, 1.807) is 6.92 Å². The number of rotatable bonds is 3. The van der Waals surface area contributed by atoms with Crippen molar-refractivity contribution in [3.05, 3.63) is 11.0 Å². The van der Waals surface area contributed by atoms with Gasteiger partial charge in [0.25, 0.3) is 0 Å². The zero-order valence-corrected chi connectivity index (χ0v) is 11.7. The minimum atomic E-state index is 0.189. The standard InChI is InChI=1S/C13H20ClN3O/c1-8-4-3-5-10(6-8)7-18-12-11(15)9(2)16-13(14)17-12/h8,10H,3-7,15H2,1-2H3. The summed E-state index contributed by atoms with van der Waals surface area (Å²) in [6.45, 7) is 4.77. The lowest BCUT2D eigenvalue weighted by Gasteiger charge is -2.26. The van der Waals surface area contributed by atoms with Gasteiger partial charge in [0.15, 0.2) is 0 Å². The van der Waals surface area contributed by atoms with E-state index in [0.717, 1.165) is 5.92 Å². The molecule has 100 valence electrons. The van der Waals surface area contributed by atoms with Crippen LogP contribution in [-0.2, 0) is 0 Å². The first-order chi connectivity index (χ1) is 8.56. The molecule has 1 heterocycles. The number of anilines is 1. The van der Waals surface area contributed by atoms with Crippen molar-refractivity contribution < 1.29 is 4.74 Å². The zero-order chi connectivity index (χ0) is 13.1. The van der Waals surface area contributed by atoms with Crippen LogP contribution in [0.3, 0.4) is 0 Å². The summed E-state index contributed by atoms with van der Waals surface area (Å²) >= 11 is 5.81. The van der Waals surface area contributed by atoms with Gasteiger partial charge >= 0.3 is 0 Å². The smallest absolute Gasteiger partial charge is 0.241 e. The molecule has 2 N–H and O–H groups in total. The van der Waals surface area contributed by atoms with Crippen LogP contribution in [0.15, 0.2) is 0 Å². The second-order valence-corrected chi connectivity index (χ2v) is 5.58. The summed E-state index contributed by atoms with van der Waals surface area (Å²) in [6, 6.07) is 0. The summed E-state index contributed by atoms with van der Waals surface area (Å²) in [4.78, 5) is 8.03. The van der Waals surface area contributed by atoms with Crippen LogP contribution in [0.2, 0.25) is 5.28 Å². The average Bonchev–Trinajstić information content (AvgIpc) is 2.32. The van der Waals surface area contributed by atoms with Gasteiger partial charge in [-0.05, 0) is 43.2 Å². The highest BCUT2D eigenvalue weighted by Crippen LogP contribution is 2.30. The molecule has 1 aromatic rings. The summed E-state index contributed by atoms with van der Waals surface area (Å²) in [7, 11) is 0. The van der Waals surface area contributed by atoms with Crippen LogP contribution in [0.1, 0.15) is 38.3 Å². The lowest BCUT2D eigenvalue weighted by molar-refractivity contribution is 0.178. The van der Waals surface area contributed by atoms with Crippen molar-refractivity contribution in [1.29, 1.82) is 0 Å². The molecular formula is C13H20ClN3O. The van der Waals surface area contributed by atoms with Crippen molar-refractivity contribution in [2.75, 3.05) is 12.3 Å². The van der Waals surface area contributed by atoms with Gasteiger partial charge < -0.3 is 10.5 Å². The summed E-state index contributed by atoms with van der Waals surface area (Å²) in [5.74, 6) is 1.81. The van der Waals surface area contributed by atoms with Crippen molar-refractivity contribution in [1.82, 2.24) is 9.97 Å². The highest BCUT2D eigenvalue weighted by molar-refractivity contribution is 6.28. The van der Waals surface area contributed by atoms with E-state index in [-0.39, 0.29) is 5.28 Å². The van der Waals surface area contributed by atoms with Gasteiger partial charge in [0.1, 0.15) is 5.69 Å². The Morgan fingerprint density at radius 2 is 2.17 bits per heavy atom. The summed E-state index contributed by atoms with van der Waals surface area (Å²) in [6.07, 6.45) is 5.06. The molecular weight excluding hydrogens is 250 g/mol. The Bertz CT molecular complexity index is 425. The Balaban J connectivity index is 1.97. The molecule has 18 heavy (non-hydrogen) atoms. The highest BCUT2D eigenvalue weighted by Gasteiger charge is 2.20. The van der Waals surface area contributed by atoms with Gasteiger partial charge in [-0.15, -0.1) is 0 Å². The quantitative estimate of drug-likeness (QED) is 0.856. The van der Waals surface area contributed by atoms with Gasteiger partial charge in [-0.3, -0.25) is 0 Å². The maximum Gasteiger partial charge on any atom is 0.241 e. The zero-order valence-electron chi connectivity index (χ0n) is 10.9. The molecule has 0 amide bonds. The number of ether oxygens (including phenoxy) is 1. The fraction of sp³-hybridized carbons (Fsp3) is 0.692. The van der Waals surface area contributed by atoms with Gasteiger partial charge in [-0.2, -0.15) is 4.98 Å². The summed E-state index contributed by atoms with van der Waals surface area (Å²) in [5.41, 5.74) is 7.04. The van der Waals surface area contributed by atoms with E-state index in [1.807, 2.05) is 0 Å². The Labute approximate surface area is 113 Å². The van der Waals surface area contributed by atoms with Crippen LogP contribution in [0.25, 0.3) is 0 Å². The number of aromatic nitrogens is 2. The van der Waals surface area contributed by atoms with Gasteiger partial charge in [0.2, 0.25) is 11.2 Å². The molecule has 0 spiro atoms. The molecule has 0 bridgehead atoms. The van der Waals surface area contributed by atoms with Crippen molar-refractivity contribution in [3.8, 4) is 5.88 Å². The Morgan fingerprint density at radius 3 is 2.89 bits per heavy atom. The second kappa shape index (κ2) is 5.74. The van der Waals surface area contributed by atoms with E-state index in [0.29, 0.717) is 29.8 Å². The molecule has 1 fully saturated rings. The Hall–Kier alpha value is -1.03. The van der Waals surface area contributed by atoms with Crippen molar-refractivity contribution >= 4 is 17.3 Å². The van der Waals surface area contributed by atoms with E-state index >= 15 is 0 Å². The molecule has 2 unspecified atom stereocenters. The molecule has 2 rings (SSSR count). The maximum absolute atomic E-state index is 5.89. The predicted octanol–water partition coefficient (Wildman–Crippen LogP) is 3.23.